The number of nitrogens with one attached hydrogen (secondary N) is 2. The van der Waals surface area contributed by atoms with E-state index in [9.17, 15) is 13.2 Å². The van der Waals surface area contributed by atoms with Gasteiger partial charge >= 0.3 is 0 Å². The maximum absolute atomic E-state index is 12.5. The third-order valence-corrected chi connectivity index (χ3v) is 5.55. The number of hydrogen-bond acceptors (Lipinski definition) is 4. The fourth-order valence-corrected chi connectivity index (χ4v) is 3.51. The van der Waals surface area contributed by atoms with Crippen molar-refractivity contribution in [3.8, 4) is 0 Å². The third-order valence-electron chi connectivity index (χ3n) is 4.09. The second-order valence-electron chi connectivity index (χ2n) is 6.96. The summed E-state index contributed by atoms with van der Waals surface area (Å²) in [6.07, 6.45) is 0. The predicted octanol–water partition coefficient (Wildman–Crippen LogP) is 2.90. The van der Waals surface area contributed by atoms with Crippen LogP contribution in [0.1, 0.15) is 35.7 Å². The predicted molar refractivity (Wildman–Crippen MR) is 109 cm³/mol. The average Bonchev–Trinajstić information content (AvgIpc) is 2.61. The van der Waals surface area contributed by atoms with Gasteiger partial charge in [0.1, 0.15) is 0 Å². The van der Waals surface area contributed by atoms with Crippen LogP contribution in [0, 0.1) is 0 Å². The Labute approximate surface area is 161 Å². The van der Waals surface area contributed by atoms with E-state index in [1.807, 2.05) is 43.3 Å². The van der Waals surface area contributed by atoms with Gasteiger partial charge in [0.05, 0.1) is 4.90 Å². The van der Waals surface area contributed by atoms with E-state index < -0.39 is 10.0 Å². The van der Waals surface area contributed by atoms with E-state index in [1.54, 1.807) is 12.1 Å². The summed E-state index contributed by atoms with van der Waals surface area (Å²) >= 11 is 0. The van der Waals surface area contributed by atoms with E-state index in [2.05, 4.69) is 23.9 Å². The molecule has 0 heterocycles. The molecule has 0 aliphatic heterocycles. The molecule has 0 radical (unpaired) electrons. The van der Waals surface area contributed by atoms with Gasteiger partial charge < -0.3 is 10.2 Å². The quantitative estimate of drug-likeness (QED) is 0.728. The number of rotatable bonds is 8. The maximum Gasteiger partial charge on any atom is 0.255 e. The van der Waals surface area contributed by atoms with Gasteiger partial charge in [-0.25, -0.2) is 13.1 Å². The van der Waals surface area contributed by atoms with E-state index in [0.29, 0.717) is 30.3 Å². The Morgan fingerprint density at radius 3 is 2.33 bits per heavy atom. The first kappa shape index (κ1) is 21.1. The number of amides is 1. The number of sulfonamides is 1. The number of carbonyl (C=O) groups excluding carboxylic acids is 1. The van der Waals surface area contributed by atoms with Gasteiger partial charge in [0, 0.05) is 24.3 Å². The highest BCUT2D eigenvalue weighted by atomic mass is 32.2. The summed E-state index contributed by atoms with van der Waals surface area (Å²) in [5, 5.41) is 2.80. The summed E-state index contributed by atoms with van der Waals surface area (Å²) in [7, 11) is 0.0794. The van der Waals surface area contributed by atoms with E-state index in [4.69, 9.17) is 0 Å². The van der Waals surface area contributed by atoms with Crippen molar-refractivity contribution < 1.29 is 13.2 Å². The lowest BCUT2D eigenvalue weighted by molar-refractivity contribution is 0.102. The SMILES string of the molecule is CC(C)c1ccc(NC(=O)c2cccc(S(=O)(=O)NCCN(C)C)c2)cc1. The molecule has 2 N–H and O–H groups in total. The molecule has 2 aromatic carbocycles. The molecular formula is C20H27N3O3S. The van der Waals surface area contributed by atoms with Crippen LogP contribution >= 0.6 is 0 Å². The van der Waals surface area contributed by atoms with Gasteiger partial charge in [-0.3, -0.25) is 4.79 Å². The monoisotopic (exact) mass is 389 g/mol. The van der Waals surface area contributed by atoms with Gasteiger partial charge in [-0.05, 0) is 55.9 Å². The molecule has 146 valence electrons. The van der Waals surface area contributed by atoms with Crippen LogP contribution in [-0.2, 0) is 10.0 Å². The molecule has 0 unspecified atom stereocenters. The molecule has 6 nitrogen and oxygen atoms in total. The molecule has 0 bridgehead atoms. The molecule has 0 fully saturated rings. The Bertz CT molecular complexity index is 876. The largest absolute Gasteiger partial charge is 0.322 e. The first-order valence-electron chi connectivity index (χ1n) is 8.85. The van der Waals surface area contributed by atoms with Crippen molar-refractivity contribution in [2.45, 2.75) is 24.7 Å². The molecule has 7 heteroatoms. The smallest absolute Gasteiger partial charge is 0.255 e. The normalized spacial score (nSPS) is 11.8. The highest BCUT2D eigenvalue weighted by molar-refractivity contribution is 7.89. The van der Waals surface area contributed by atoms with Gasteiger partial charge in [0.15, 0.2) is 0 Å². The minimum absolute atomic E-state index is 0.0732. The van der Waals surface area contributed by atoms with Gasteiger partial charge in [-0.1, -0.05) is 32.0 Å². The second-order valence-corrected chi connectivity index (χ2v) is 8.73. The minimum Gasteiger partial charge on any atom is -0.322 e. The maximum atomic E-state index is 12.5. The van der Waals surface area contributed by atoms with E-state index in [-0.39, 0.29) is 10.8 Å². The number of anilines is 1. The Balaban J connectivity index is 2.10. The zero-order valence-electron chi connectivity index (χ0n) is 16.2. The van der Waals surface area contributed by atoms with Crippen LogP contribution in [0.2, 0.25) is 0 Å². The van der Waals surface area contributed by atoms with Gasteiger partial charge in [0.2, 0.25) is 10.0 Å². The van der Waals surface area contributed by atoms with E-state index in [0.717, 1.165) is 0 Å². The lowest BCUT2D eigenvalue weighted by Crippen LogP contribution is -2.31. The summed E-state index contributed by atoms with van der Waals surface area (Å²) in [5.41, 5.74) is 2.14. The Morgan fingerprint density at radius 1 is 1.07 bits per heavy atom. The van der Waals surface area contributed by atoms with Crippen molar-refractivity contribution >= 4 is 21.6 Å². The molecular weight excluding hydrogens is 362 g/mol. The van der Waals surface area contributed by atoms with E-state index in [1.165, 1.54) is 17.7 Å². The van der Waals surface area contributed by atoms with Crippen molar-refractivity contribution in [3.05, 3.63) is 59.7 Å². The first-order valence-corrected chi connectivity index (χ1v) is 10.3. The highest BCUT2D eigenvalue weighted by Crippen LogP contribution is 2.18. The molecule has 2 rings (SSSR count). The minimum atomic E-state index is -3.66. The molecule has 2 aromatic rings. The van der Waals surface area contributed by atoms with Crippen LogP contribution in [0.3, 0.4) is 0 Å². The van der Waals surface area contributed by atoms with Crippen molar-refractivity contribution in [2.75, 3.05) is 32.5 Å². The van der Waals surface area contributed by atoms with Crippen LogP contribution in [0.5, 0.6) is 0 Å². The third kappa shape index (κ3) is 6.16. The van der Waals surface area contributed by atoms with Gasteiger partial charge in [-0.15, -0.1) is 0 Å². The summed E-state index contributed by atoms with van der Waals surface area (Å²) in [6.45, 7) is 5.10. The number of carbonyl (C=O) groups is 1. The first-order chi connectivity index (χ1) is 12.7. The summed E-state index contributed by atoms with van der Waals surface area (Å²) in [4.78, 5) is 14.4. The lowest BCUT2D eigenvalue weighted by atomic mass is 10.0. The summed E-state index contributed by atoms with van der Waals surface area (Å²) in [6, 6.07) is 13.6. The second kappa shape index (κ2) is 9.12. The summed E-state index contributed by atoms with van der Waals surface area (Å²) < 4.78 is 27.3. The molecule has 0 spiro atoms. The van der Waals surface area contributed by atoms with Crippen LogP contribution in [0.15, 0.2) is 53.4 Å². The molecule has 0 atom stereocenters. The van der Waals surface area contributed by atoms with Crippen LogP contribution in [-0.4, -0.2) is 46.4 Å². The van der Waals surface area contributed by atoms with Crippen molar-refractivity contribution in [2.24, 2.45) is 0 Å². The molecule has 1 amide bonds. The molecule has 0 aliphatic carbocycles. The molecule has 0 aliphatic rings. The standard InChI is InChI=1S/C20H27N3O3S/c1-15(2)16-8-10-18(11-9-16)22-20(24)17-6-5-7-19(14-17)27(25,26)21-12-13-23(3)4/h5-11,14-15,21H,12-13H2,1-4H3,(H,22,24). The molecule has 0 saturated carbocycles. The zero-order valence-corrected chi connectivity index (χ0v) is 17.0. The van der Waals surface area contributed by atoms with E-state index >= 15 is 0 Å². The highest BCUT2D eigenvalue weighted by Gasteiger charge is 2.16. The van der Waals surface area contributed by atoms with Gasteiger partial charge in [-0.2, -0.15) is 0 Å². The van der Waals surface area contributed by atoms with Crippen LogP contribution in [0.25, 0.3) is 0 Å². The molecule has 0 saturated heterocycles. The Morgan fingerprint density at radius 2 is 1.74 bits per heavy atom. The Hall–Kier alpha value is -2.22. The molecule has 0 aromatic heterocycles. The van der Waals surface area contributed by atoms with Crippen LogP contribution < -0.4 is 10.0 Å². The number of nitrogens with zero attached hydrogens (tertiary/aromatic N) is 1. The van der Waals surface area contributed by atoms with Crippen molar-refractivity contribution in [1.82, 2.24) is 9.62 Å². The number of likely N-dealkylation sites (N-methyl/N-ethyl adjacent to an activating group) is 1. The topological polar surface area (TPSA) is 78.5 Å². The van der Waals surface area contributed by atoms with Crippen molar-refractivity contribution in [1.29, 1.82) is 0 Å². The van der Waals surface area contributed by atoms with Crippen molar-refractivity contribution in [3.63, 3.8) is 0 Å². The lowest BCUT2D eigenvalue weighted by Gasteiger charge is -2.12. The fourth-order valence-electron chi connectivity index (χ4n) is 2.45. The van der Waals surface area contributed by atoms with Crippen LogP contribution in [0.4, 0.5) is 5.69 Å². The average molecular weight is 390 g/mol. The molecule has 27 heavy (non-hydrogen) atoms. The fraction of sp³-hybridized carbons (Fsp3) is 0.350. The number of benzene rings is 2. The zero-order chi connectivity index (χ0) is 20.0. The van der Waals surface area contributed by atoms with Gasteiger partial charge in [0.25, 0.3) is 5.91 Å². The number of hydrogen-bond donors (Lipinski definition) is 2. The Kier molecular flexibility index (Phi) is 7.12. The summed E-state index contributed by atoms with van der Waals surface area (Å²) in [5.74, 6) is 0.0641.